The summed E-state index contributed by atoms with van der Waals surface area (Å²) < 4.78 is 21.1. The topological polar surface area (TPSA) is 74.2 Å². The molecule has 0 saturated carbocycles. The summed E-state index contributed by atoms with van der Waals surface area (Å²) in [7, 11) is -2.02. The highest BCUT2D eigenvalue weighted by atomic mass is 32.3. The number of ether oxygens (including phenoxy) is 1. The lowest BCUT2D eigenvalue weighted by molar-refractivity contribution is 0.0909. The van der Waals surface area contributed by atoms with Crippen molar-refractivity contribution in [2.75, 3.05) is 32.2 Å². The van der Waals surface area contributed by atoms with Gasteiger partial charge in [-0.1, -0.05) is 0 Å². The van der Waals surface area contributed by atoms with Crippen molar-refractivity contribution < 1.29 is 27.2 Å². The van der Waals surface area contributed by atoms with Crippen molar-refractivity contribution >= 4 is 17.0 Å². The third-order valence-electron chi connectivity index (χ3n) is 1.66. The normalized spacial score (nSPS) is 12.4. The number of carbonyl (C=O) groups is 1. The summed E-state index contributed by atoms with van der Waals surface area (Å²) in [5.41, 5.74) is 0. The molecule has 0 aliphatic carbocycles. The first-order valence-corrected chi connectivity index (χ1v) is 7.27. The molecule has 17 heavy (non-hydrogen) atoms. The third-order valence-corrected chi connectivity index (χ3v) is 4.23. The van der Waals surface area contributed by atoms with Gasteiger partial charge in [-0.15, -0.1) is 0 Å². The predicted molar refractivity (Wildman–Crippen MR) is 65.9 cm³/mol. The summed E-state index contributed by atoms with van der Waals surface area (Å²) in [5.74, 6) is 0.510. The molecule has 0 fully saturated rings. The molecule has 1 N–H and O–H groups in total. The third kappa shape index (κ3) is 7.43. The molecule has 0 aliphatic heterocycles. The summed E-state index contributed by atoms with van der Waals surface area (Å²) in [6.45, 7) is 7.21. The zero-order chi connectivity index (χ0) is 13.1. The van der Waals surface area contributed by atoms with Crippen LogP contribution in [0.1, 0.15) is 27.2 Å². The molecule has 7 heteroatoms. The van der Waals surface area contributed by atoms with E-state index in [0.29, 0.717) is 32.0 Å². The van der Waals surface area contributed by atoms with Crippen LogP contribution in [0, 0.1) is 0 Å². The largest absolute Gasteiger partial charge is 0.505 e. The van der Waals surface area contributed by atoms with Crippen molar-refractivity contribution in [3.05, 3.63) is 0 Å². The minimum atomic E-state index is -2.02. The minimum Gasteiger partial charge on any atom is -0.450 e. The lowest BCUT2D eigenvalue weighted by Gasteiger charge is -2.36. The first-order chi connectivity index (χ1) is 8.10. The van der Waals surface area contributed by atoms with Gasteiger partial charge in [0.15, 0.2) is 0 Å². The fraction of sp³-hybridized carbons (Fsp3) is 0.900. The molecule has 0 bridgehead atoms. The number of rotatable bonds is 10. The maximum atomic E-state index is 10.2. The summed E-state index contributed by atoms with van der Waals surface area (Å²) >= 11 is 0. The predicted octanol–water partition coefficient (Wildman–Crippen LogP) is 2.73. The van der Waals surface area contributed by atoms with Gasteiger partial charge in [-0.05, 0) is 27.2 Å². The molecule has 0 radical (unpaired) electrons. The van der Waals surface area contributed by atoms with Crippen LogP contribution in [0.4, 0.5) is 4.79 Å². The van der Waals surface area contributed by atoms with E-state index in [9.17, 15) is 4.79 Å². The van der Waals surface area contributed by atoms with Crippen LogP contribution in [-0.2, 0) is 17.3 Å². The number of carboxylic acid groups (broad SMARTS) is 1. The van der Waals surface area contributed by atoms with E-state index in [-0.39, 0.29) is 6.61 Å². The maximum absolute atomic E-state index is 10.2. The molecule has 0 atom stereocenters. The SMILES string of the molecule is CCOS(CCCOC(=O)O)(OCC)OCC. The van der Waals surface area contributed by atoms with Crippen molar-refractivity contribution in [1.29, 1.82) is 0 Å². The summed E-state index contributed by atoms with van der Waals surface area (Å²) in [6.07, 6.45) is -0.753. The Kier molecular flexibility index (Phi) is 9.24. The minimum absolute atomic E-state index is 0.122. The lowest BCUT2D eigenvalue weighted by Crippen LogP contribution is -2.18. The van der Waals surface area contributed by atoms with Crippen molar-refractivity contribution in [3.8, 4) is 0 Å². The average molecular weight is 270 g/mol. The summed E-state index contributed by atoms with van der Waals surface area (Å²) in [5, 5.41) is 8.34. The summed E-state index contributed by atoms with van der Waals surface area (Å²) in [4.78, 5) is 10.2. The molecule has 104 valence electrons. The first kappa shape index (κ1) is 16.5. The molecule has 0 saturated heterocycles. The number of hydrogen-bond donors (Lipinski definition) is 1. The highest BCUT2D eigenvalue weighted by Crippen LogP contribution is 2.51. The molecule has 0 aromatic heterocycles. The zero-order valence-electron chi connectivity index (χ0n) is 10.6. The van der Waals surface area contributed by atoms with Gasteiger partial charge in [0.2, 0.25) is 0 Å². The van der Waals surface area contributed by atoms with E-state index in [4.69, 9.17) is 17.7 Å². The van der Waals surface area contributed by atoms with Gasteiger partial charge < -0.3 is 9.84 Å². The quantitative estimate of drug-likeness (QED) is 0.486. The van der Waals surface area contributed by atoms with Crippen LogP contribution >= 0.6 is 10.9 Å². The molecule has 0 aromatic rings. The van der Waals surface area contributed by atoms with Crippen LogP contribution in [-0.4, -0.2) is 43.4 Å². The second-order valence-corrected chi connectivity index (χ2v) is 5.18. The Morgan fingerprint density at radius 1 is 1.06 bits per heavy atom. The van der Waals surface area contributed by atoms with E-state index in [0.717, 1.165) is 0 Å². The van der Waals surface area contributed by atoms with Gasteiger partial charge in [-0.3, -0.25) is 12.5 Å². The van der Waals surface area contributed by atoms with Crippen molar-refractivity contribution in [1.82, 2.24) is 0 Å². The van der Waals surface area contributed by atoms with E-state index in [1.165, 1.54) is 0 Å². The van der Waals surface area contributed by atoms with Gasteiger partial charge in [-0.25, -0.2) is 4.79 Å². The Hall–Kier alpha value is -0.500. The number of hydrogen-bond acceptors (Lipinski definition) is 5. The molecule has 0 aromatic carbocycles. The van der Waals surface area contributed by atoms with E-state index in [1.807, 2.05) is 20.8 Å². The second-order valence-electron chi connectivity index (χ2n) is 2.95. The molecule has 6 nitrogen and oxygen atoms in total. The fourth-order valence-corrected chi connectivity index (χ4v) is 3.32. The second kappa shape index (κ2) is 9.52. The van der Waals surface area contributed by atoms with Gasteiger partial charge in [0, 0.05) is 5.75 Å². The standard InChI is InChI=1S/C10H22O6S/c1-4-14-17(15-5-2,16-6-3)9-7-8-13-10(11)12/h4-9H2,1-3H3,(H,11,12). The van der Waals surface area contributed by atoms with Crippen LogP contribution in [0.15, 0.2) is 0 Å². The van der Waals surface area contributed by atoms with Crippen molar-refractivity contribution in [2.24, 2.45) is 0 Å². The molecule has 0 unspecified atom stereocenters. The van der Waals surface area contributed by atoms with Gasteiger partial charge in [0.25, 0.3) is 0 Å². The summed E-state index contributed by atoms with van der Waals surface area (Å²) in [6, 6.07) is 0. The molecule has 0 heterocycles. The Balaban J connectivity index is 4.18. The van der Waals surface area contributed by atoms with Gasteiger partial charge >= 0.3 is 6.16 Å². The van der Waals surface area contributed by atoms with E-state index in [1.54, 1.807) is 0 Å². The van der Waals surface area contributed by atoms with Gasteiger partial charge in [0.1, 0.15) is 0 Å². The molecule has 0 rings (SSSR count). The van der Waals surface area contributed by atoms with Gasteiger partial charge in [0.05, 0.1) is 37.3 Å². The molecule has 0 spiro atoms. The van der Waals surface area contributed by atoms with Crippen LogP contribution in [0.2, 0.25) is 0 Å². The smallest absolute Gasteiger partial charge is 0.450 e. The first-order valence-electron chi connectivity index (χ1n) is 5.70. The molecular formula is C10H22O6S. The van der Waals surface area contributed by atoms with Crippen LogP contribution in [0.25, 0.3) is 0 Å². The Morgan fingerprint density at radius 3 is 1.88 bits per heavy atom. The van der Waals surface area contributed by atoms with Crippen LogP contribution in [0.5, 0.6) is 0 Å². The Labute approximate surface area is 104 Å². The highest BCUT2D eigenvalue weighted by Gasteiger charge is 2.25. The van der Waals surface area contributed by atoms with Gasteiger partial charge in [-0.2, -0.15) is 0 Å². The zero-order valence-corrected chi connectivity index (χ0v) is 11.5. The fourth-order valence-electron chi connectivity index (χ4n) is 1.21. The van der Waals surface area contributed by atoms with Crippen LogP contribution in [0.3, 0.4) is 0 Å². The maximum Gasteiger partial charge on any atom is 0.505 e. The van der Waals surface area contributed by atoms with Crippen LogP contribution < -0.4 is 0 Å². The molecule has 0 amide bonds. The lowest BCUT2D eigenvalue weighted by atomic mass is 10.5. The van der Waals surface area contributed by atoms with E-state index in [2.05, 4.69) is 4.74 Å². The monoisotopic (exact) mass is 270 g/mol. The molecular weight excluding hydrogens is 248 g/mol. The average Bonchev–Trinajstić information content (AvgIpc) is 2.25. The van der Waals surface area contributed by atoms with E-state index < -0.39 is 17.0 Å². The van der Waals surface area contributed by atoms with E-state index >= 15 is 0 Å². The van der Waals surface area contributed by atoms with Crippen molar-refractivity contribution in [3.63, 3.8) is 0 Å². The molecule has 0 aliphatic rings. The Morgan fingerprint density at radius 2 is 1.53 bits per heavy atom. The van der Waals surface area contributed by atoms with Crippen molar-refractivity contribution in [2.45, 2.75) is 27.2 Å². The highest BCUT2D eigenvalue weighted by molar-refractivity contribution is 8.21. The Bertz CT molecular complexity index is 194.